The molecule has 2 aromatic rings. The molecule has 1 heterocycles. The largest absolute Gasteiger partial charge is 0.330 e. The number of benzene rings is 1. The van der Waals surface area contributed by atoms with Gasteiger partial charge >= 0.3 is 0 Å². The van der Waals surface area contributed by atoms with Crippen LogP contribution in [0.15, 0.2) is 18.2 Å². The molecule has 0 amide bonds. The van der Waals surface area contributed by atoms with Crippen LogP contribution in [0.5, 0.6) is 0 Å². The summed E-state index contributed by atoms with van der Waals surface area (Å²) in [5.41, 5.74) is 7.24. The van der Waals surface area contributed by atoms with Gasteiger partial charge in [-0.05, 0) is 31.2 Å². The average molecular weight is 237 g/mol. The van der Waals surface area contributed by atoms with Crippen molar-refractivity contribution in [3.63, 3.8) is 0 Å². The Labute approximate surface area is 97.1 Å². The number of hydrogen-bond donors (Lipinski definition) is 1. The summed E-state index contributed by atoms with van der Waals surface area (Å²) in [6.45, 7) is 2.48. The van der Waals surface area contributed by atoms with Crippen molar-refractivity contribution in [2.24, 2.45) is 5.73 Å². The molecule has 0 atom stereocenters. The molecule has 0 aliphatic rings. The molecule has 0 saturated heterocycles. The summed E-state index contributed by atoms with van der Waals surface area (Å²) in [7, 11) is 0. The Hall–Kier alpha value is -1.33. The third-order valence-corrected chi connectivity index (χ3v) is 3.27. The molecule has 0 bridgehead atoms. The Morgan fingerprint density at radius 2 is 2.19 bits per heavy atom. The molecule has 2 N–H and O–H groups in total. The lowest BCUT2D eigenvalue weighted by molar-refractivity contribution is 0.628. The van der Waals surface area contributed by atoms with Crippen LogP contribution in [0.2, 0.25) is 0 Å². The third kappa shape index (κ3) is 2.25. The topological polar surface area (TPSA) is 51.8 Å². The number of aromatic nitrogens is 2. The molecule has 0 aliphatic carbocycles. The minimum absolute atomic E-state index is 0.254. The molecule has 2 rings (SSSR count). The predicted octanol–water partition coefficient (Wildman–Crippen LogP) is 2.15. The number of nitrogens with two attached hydrogens (primary N) is 1. The number of hydrogen-bond acceptors (Lipinski definition) is 4. The highest BCUT2D eigenvalue weighted by Gasteiger charge is 2.09. The zero-order valence-corrected chi connectivity index (χ0v) is 9.72. The second kappa shape index (κ2) is 4.67. The fraction of sp³-hybridized carbons (Fsp3) is 0.273. The summed E-state index contributed by atoms with van der Waals surface area (Å²) < 4.78 is 13.1. The van der Waals surface area contributed by atoms with E-state index in [-0.39, 0.29) is 5.82 Å². The Kier molecular flexibility index (Phi) is 3.26. The smallest absolute Gasteiger partial charge is 0.148 e. The minimum atomic E-state index is -0.254. The van der Waals surface area contributed by atoms with Crippen molar-refractivity contribution >= 4 is 11.3 Å². The van der Waals surface area contributed by atoms with Gasteiger partial charge in [-0.2, -0.15) is 0 Å². The van der Waals surface area contributed by atoms with Gasteiger partial charge in [0.25, 0.3) is 0 Å². The standard InChI is InChI=1S/C11H12FN3S/c1-7-2-3-8(12)6-9(7)11-15-14-10(16-11)4-5-13/h2-3,6H,4-5,13H2,1H3. The summed E-state index contributed by atoms with van der Waals surface area (Å²) in [4.78, 5) is 0. The fourth-order valence-electron chi connectivity index (χ4n) is 1.41. The molecule has 0 unspecified atom stereocenters. The van der Waals surface area contributed by atoms with E-state index in [0.29, 0.717) is 13.0 Å². The molecule has 0 saturated carbocycles. The predicted molar refractivity (Wildman–Crippen MR) is 62.8 cm³/mol. The van der Waals surface area contributed by atoms with Crippen LogP contribution in [-0.2, 0) is 6.42 Å². The lowest BCUT2D eigenvalue weighted by Crippen LogP contribution is -2.01. The molecule has 1 aromatic carbocycles. The van der Waals surface area contributed by atoms with Crippen molar-refractivity contribution < 1.29 is 4.39 Å². The van der Waals surface area contributed by atoms with E-state index < -0.39 is 0 Å². The SMILES string of the molecule is Cc1ccc(F)cc1-c1nnc(CCN)s1. The number of aryl methyl sites for hydroxylation is 1. The molecule has 5 heteroatoms. The molecule has 0 aliphatic heterocycles. The summed E-state index contributed by atoms with van der Waals surface area (Å²) in [5, 5.41) is 9.71. The van der Waals surface area contributed by atoms with Crippen molar-refractivity contribution in [1.82, 2.24) is 10.2 Å². The van der Waals surface area contributed by atoms with Gasteiger partial charge in [-0.25, -0.2) is 4.39 Å². The van der Waals surface area contributed by atoms with E-state index in [1.54, 1.807) is 6.07 Å². The first kappa shape index (κ1) is 11.2. The molecule has 16 heavy (non-hydrogen) atoms. The van der Waals surface area contributed by atoms with E-state index >= 15 is 0 Å². The van der Waals surface area contributed by atoms with Crippen LogP contribution in [0.4, 0.5) is 4.39 Å². The minimum Gasteiger partial charge on any atom is -0.330 e. The molecule has 3 nitrogen and oxygen atoms in total. The molecule has 1 aromatic heterocycles. The van der Waals surface area contributed by atoms with Gasteiger partial charge < -0.3 is 5.73 Å². The number of halogens is 1. The van der Waals surface area contributed by atoms with Gasteiger partial charge in [0.15, 0.2) is 0 Å². The molecule has 0 radical (unpaired) electrons. The van der Waals surface area contributed by atoms with Gasteiger partial charge in [0.2, 0.25) is 0 Å². The van der Waals surface area contributed by atoms with Crippen LogP contribution in [-0.4, -0.2) is 16.7 Å². The van der Waals surface area contributed by atoms with Crippen LogP contribution in [0.25, 0.3) is 10.6 Å². The van der Waals surface area contributed by atoms with E-state index in [4.69, 9.17) is 5.73 Å². The molecule has 0 fully saturated rings. The second-order valence-electron chi connectivity index (χ2n) is 3.50. The normalized spacial score (nSPS) is 10.7. The first-order valence-electron chi connectivity index (χ1n) is 4.99. The van der Waals surface area contributed by atoms with Gasteiger partial charge in [0.1, 0.15) is 15.8 Å². The Morgan fingerprint density at radius 1 is 1.38 bits per heavy atom. The van der Waals surface area contributed by atoms with Crippen LogP contribution in [0.1, 0.15) is 10.6 Å². The van der Waals surface area contributed by atoms with Gasteiger partial charge in [-0.1, -0.05) is 17.4 Å². The van der Waals surface area contributed by atoms with Crippen molar-refractivity contribution in [2.45, 2.75) is 13.3 Å². The van der Waals surface area contributed by atoms with Gasteiger partial charge in [-0.3, -0.25) is 0 Å². The average Bonchev–Trinajstić information content (AvgIpc) is 2.71. The van der Waals surface area contributed by atoms with Gasteiger partial charge in [0.05, 0.1) is 0 Å². The fourth-order valence-corrected chi connectivity index (χ4v) is 2.35. The quantitative estimate of drug-likeness (QED) is 0.890. The highest BCUT2D eigenvalue weighted by atomic mass is 32.1. The van der Waals surface area contributed by atoms with Crippen molar-refractivity contribution in [3.8, 4) is 10.6 Å². The van der Waals surface area contributed by atoms with E-state index in [1.807, 2.05) is 6.92 Å². The zero-order valence-electron chi connectivity index (χ0n) is 8.90. The van der Waals surface area contributed by atoms with E-state index in [2.05, 4.69) is 10.2 Å². The van der Waals surface area contributed by atoms with Crippen LogP contribution >= 0.6 is 11.3 Å². The number of nitrogens with zero attached hydrogens (tertiary/aromatic N) is 2. The van der Waals surface area contributed by atoms with E-state index in [0.717, 1.165) is 21.1 Å². The Morgan fingerprint density at radius 3 is 2.94 bits per heavy atom. The molecule has 0 spiro atoms. The summed E-state index contributed by atoms with van der Waals surface area (Å²) >= 11 is 1.46. The highest BCUT2D eigenvalue weighted by molar-refractivity contribution is 7.14. The van der Waals surface area contributed by atoms with E-state index in [1.165, 1.54) is 23.5 Å². The second-order valence-corrected chi connectivity index (χ2v) is 4.56. The maximum Gasteiger partial charge on any atom is 0.148 e. The molecular weight excluding hydrogens is 225 g/mol. The van der Waals surface area contributed by atoms with Crippen LogP contribution in [0.3, 0.4) is 0 Å². The lowest BCUT2D eigenvalue weighted by atomic mass is 10.1. The van der Waals surface area contributed by atoms with Crippen molar-refractivity contribution in [1.29, 1.82) is 0 Å². The zero-order chi connectivity index (χ0) is 11.5. The lowest BCUT2D eigenvalue weighted by Gasteiger charge is -2.00. The molecular formula is C11H12FN3S. The first-order valence-corrected chi connectivity index (χ1v) is 5.81. The van der Waals surface area contributed by atoms with Crippen LogP contribution in [0, 0.1) is 12.7 Å². The summed E-state index contributed by atoms with van der Waals surface area (Å²) in [6.07, 6.45) is 0.714. The maximum atomic E-state index is 13.1. The van der Waals surface area contributed by atoms with Gasteiger partial charge in [-0.15, -0.1) is 10.2 Å². The first-order chi connectivity index (χ1) is 7.70. The Balaban J connectivity index is 2.38. The highest BCUT2D eigenvalue weighted by Crippen LogP contribution is 2.27. The van der Waals surface area contributed by atoms with Crippen LogP contribution < -0.4 is 5.73 Å². The third-order valence-electron chi connectivity index (χ3n) is 2.26. The van der Waals surface area contributed by atoms with Crippen molar-refractivity contribution in [2.75, 3.05) is 6.54 Å². The maximum absolute atomic E-state index is 13.1. The van der Waals surface area contributed by atoms with E-state index in [9.17, 15) is 4.39 Å². The summed E-state index contributed by atoms with van der Waals surface area (Å²) in [6, 6.07) is 4.68. The summed E-state index contributed by atoms with van der Waals surface area (Å²) in [5.74, 6) is -0.254. The van der Waals surface area contributed by atoms with Gasteiger partial charge in [0, 0.05) is 12.0 Å². The molecule has 84 valence electrons. The van der Waals surface area contributed by atoms with Crippen molar-refractivity contribution in [3.05, 3.63) is 34.6 Å². The number of rotatable bonds is 3. The monoisotopic (exact) mass is 237 g/mol. The Bertz CT molecular complexity index is 496.